The van der Waals surface area contributed by atoms with Gasteiger partial charge in [0.1, 0.15) is 0 Å². The highest BCUT2D eigenvalue weighted by molar-refractivity contribution is 6.04. The Kier molecular flexibility index (Phi) is 4.50. The van der Waals surface area contributed by atoms with Crippen molar-refractivity contribution in [1.82, 2.24) is 0 Å². The van der Waals surface area contributed by atoms with Gasteiger partial charge in [-0.3, -0.25) is 0 Å². The van der Waals surface area contributed by atoms with Gasteiger partial charge in [-0.05, 0) is 39.8 Å². The smallest absolute Gasteiger partial charge is 0.211 e. The Morgan fingerprint density at radius 1 is 0.960 bits per heavy atom. The van der Waals surface area contributed by atoms with Gasteiger partial charge in [0.2, 0.25) is 12.2 Å². The van der Waals surface area contributed by atoms with E-state index in [1.165, 1.54) is 0 Å². The van der Waals surface area contributed by atoms with Crippen molar-refractivity contribution in [3.05, 3.63) is 47.2 Å². The Morgan fingerprint density at radius 2 is 1.68 bits per heavy atom. The molecule has 0 saturated carbocycles. The number of hydrogen-bond donors (Lipinski definition) is 0. The topological polar surface area (TPSA) is 58.9 Å². The molecule has 3 rings (SSSR count). The predicted molar refractivity (Wildman–Crippen MR) is 99.2 cm³/mol. The Balaban J connectivity index is 2.58. The molecule has 1 aliphatic rings. The van der Waals surface area contributed by atoms with Crippen LogP contribution in [0.15, 0.2) is 46.0 Å². The molecule has 25 heavy (non-hydrogen) atoms. The molecule has 1 atom stereocenters. The van der Waals surface area contributed by atoms with E-state index in [0.717, 1.165) is 33.2 Å². The lowest BCUT2D eigenvalue weighted by Gasteiger charge is -2.33. The van der Waals surface area contributed by atoms with Crippen molar-refractivity contribution in [2.75, 3.05) is 0 Å². The number of isocyanates is 2. The Hall–Kier alpha value is -2.80. The van der Waals surface area contributed by atoms with E-state index in [2.05, 4.69) is 49.8 Å². The highest BCUT2D eigenvalue weighted by Gasteiger charge is 2.34. The summed E-state index contributed by atoms with van der Waals surface area (Å²) in [5.74, 6) is 0.385. The lowest BCUT2D eigenvalue weighted by Crippen LogP contribution is -2.17. The molecule has 0 radical (unpaired) electrons. The quantitative estimate of drug-likeness (QED) is 0.566. The van der Waals surface area contributed by atoms with E-state index in [0.29, 0.717) is 5.69 Å². The first kappa shape index (κ1) is 17.0. The van der Waals surface area contributed by atoms with E-state index in [-0.39, 0.29) is 17.8 Å². The standard InChI is InChI=1S/C21H20N2O2/c1-12(2)17-15-7-5-6-14-8-9-16(22-10-24)20(19(14)15)18(13(3)4)21(17)23-11-25/h5-9,12-13,17H,1-4H3. The molecule has 0 aromatic heterocycles. The van der Waals surface area contributed by atoms with E-state index in [4.69, 9.17) is 0 Å². The summed E-state index contributed by atoms with van der Waals surface area (Å²) in [5, 5.41) is 2.18. The average molecular weight is 332 g/mol. The van der Waals surface area contributed by atoms with Crippen LogP contribution in [-0.4, -0.2) is 12.2 Å². The van der Waals surface area contributed by atoms with Crippen molar-refractivity contribution < 1.29 is 9.59 Å². The van der Waals surface area contributed by atoms with Crippen LogP contribution in [0.25, 0.3) is 16.3 Å². The van der Waals surface area contributed by atoms with Gasteiger partial charge in [-0.2, -0.15) is 9.98 Å². The summed E-state index contributed by atoms with van der Waals surface area (Å²) in [4.78, 5) is 30.1. The van der Waals surface area contributed by atoms with Gasteiger partial charge in [-0.1, -0.05) is 52.0 Å². The Labute approximate surface area is 147 Å². The number of benzene rings is 2. The summed E-state index contributed by atoms with van der Waals surface area (Å²) in [6.45, 7) is 8.38. The van der Waals surface area contributed by atoms with Crippen molar-refractivity contribution in [2.24, 2.45) is 21.8 Å². The van der Waals surface area contributed by atoms with Gasteiger partial charge in [-0.15, -0.1) is 0 Å². The van der Waals surface area contributed by atoms with Gasteiger partial charge >= 0.3 is 0 Å². The number of rotatable bonds is 4. The highest BCUT2D eigenvalue weighted by Crippen LogP contribution is 2.51. The van der Waals surface area contributed by atoms with E-state index in [1.807, 2.05) is 18.2 Å². The number of nitrogens with zero attached hydrogens (tertiary/aromatic N) is 2. The maximum atomic E-state index is 11.2. The second-order valence-electron chi connectivity index (χ2n) is 6.99. The molecule has 4 nitrogen and oxygen atoms in total. The van der Waals surface area contributed by atoms with Crippen molar-refractivity contribution in [1.29, 1.82) is 0 Å². The molecule has 126 valence electrons. The highest BCUT2D eigenvalue weighted by atomic mass is 16.1. The fourth-order valence-electron chi connectivity index (χ4n) is 3.95. The summed E-state index contributed by atoms with van der Waals surface area (Å²) < 4.78 is 0. The van der Waals surface area contributed by atoms with Crippen molar-refractivity contribution in [3.63, 3.8) is 0 Å². The molecule has 0 amide bonds. The summed E-state index contributed by atoms with van der Waals surface area (Å²) in [6, 6.07) is 9.94. The number of aliphatic imine (C=N–C) groups is 2. The first-order valence-corrected chi connectivity index (χ1v) is 8.47. The summed E-state index contributed by atoms with van der Waals surface area (Å²) in [6.07, 6.45) is 3.38. The van der Waals surface area contributed by atoms with Crippen LogP contribution in [0.4, 0.5) is 5.69 Å². The van der Waals surface area contributed by atoms with E-state index >= 15 is 0 Å². The van der Waals surface area contributed by atoms with Gasteiger partial charge in [0.05, 0.1) is 11.4 Å². The zero-order valence-corrected chi connectivity index (χ0v) is 14.8. The SMILES string of the molecule is CC(C)C1=C(N=C=O)C(C(C)C)c2cccc3ccc(N=C=O)c1c23. The van der Waals surface area contributed by atoms with Crippen LogP contribution in [0, 0.1) is 11.8 Å². The van der Waals surface area contributed by atoms with Gasteiger partial charge in [0.15, 0.2) is 0 Å². The average Bonchev–Trinajstić information content (AvgIpc) is 2.57. The molecule has 0 saturated heterocycles. The third-order valence-electron chi connectivity index (χ3n) is 4.81. The summed E-state index contributed by atoms with van der Waals surface area (Å²) >= 11 is 0. The molecular formula is C21H20N2O2. The van der Waals surface area contributed by atoms with Crippen molar-refractivity contribution >= 4 is 34.2 Å². The van der Waals surface area contributed by atoms with Crippen molar-refractivity contribution in [2.45, 2.75) is 33.6 Å². The molecule has 0 N–H and O–H groups in total. The molecule has 0 aliphatic heterocycles. The molecule has 1 unspecified atom stereocenters. The molecular weight excluding hydrogens is 312 g/mol. The van der Waals surface area contributed by atoms with Crippen LogP contribution in [-0.2, 0) is 9.59 Å². The first-order valence-electron chi connectivity index (χ1n) is 8.47. The summed E-state index contributed by atoms with van der Waals surface area (Å²) in [5.41, 5.74) is 4.26. The first-order chi connectivity index (χ1) is 12.0. The van der Waals surface area contributed by atoms with Crippen LogP contribution in [0.2, 0.25) is 0 Å². The zero-order valence-electron chi connectivity index (χ0n) is 14.8. The Bertz CT molecular complexity index is 973. The van der Waals surface area contributed by atoms with Gasteiger partial charge < -0.3 is 0 Å². The molecule has 0 spiro atoms. The zero-order chi connectivity index (χ0) is 18.1. The van der Waals surface area contributed by atoms with Gasteiger partial charge in [0.25, 0.3) is 0 Å². The van der Waals surface area contributed by atoms with Crippen LogP contribution in [0.1, 0.15) is 44.7 Å². The normalized spacial score (nSPS) is 16.2. The van der Waals surface area contributed by atoms with Crippen LogP contribution >= 0.6 is 0 Å². The van der Waals surface area contributed by atoms with Crippen molar-refractivity contribution in [3.8, 4) is 0 Å². The van der Waals surface area contributed by atoms with Gasteiger partial charge in [-0.25, -0.2) is 9.59 Å². The van der Waals surface area contributed by atoms with E-state index in [9.17, 15) is 9.59 Å². The number of hydrogen-bond acceptors (Lipinski definition) is 4. The van der Waals surface area contributed by atoms with E-state index in [1.54, 1.807) is 12.2 Å². The fraction of sp³-hybridized carbons (Fsp3) is 0.333. The lowest BCUT2D eigenvalue weighted by molar-refractivity contribution is 0.541. The molecule has 0 heterocycles. The molecule has 0 bridgehead atoms. The molecule has 2 aromatic carbocycles. The fourth-order valence-corrected chi connectivity index (χ4v) is 3.95. The van der Waals surface area contributed by atoms with Crippen LogP contribution in [0.5, 0.6) is 0 Å². The maximum absolute atomic E-state index is 11.2. The van der Waals surface area contributed by atoms with Gasteiger partial charge in [0, 0.05) is 11.5 Å². The summed E-state index contributed by atoms with van der Waals surface area (Å²) in [7, 11) is 0. The third kappa shape index (κ3) is 2.66. The van der Waals surface area contributed by atoms with E-state index < -0.39 is 0 Å². The minimum absolute atomic E-state index is 0.00510. The Morgan fingerprint density at radius 3 is 2.28 bits per heavy atom. The largest absolute Gasteiger partial charge is 0.240 e. The minimum atomic E-state index is 0.00510. The molecule has 2 aromatic rings. The second kappa shape index (κ2) is 6.60. The minimum Gasteiger partial charge on any atom is -0.211 e. The molecule has 1 aliphatic carbocycles. The lowest BCUT2D eigenvalue weighted by atomic mass is 9.72. The predicted octanol–water partition coefficient (Wildman–Crippen LogP) is 5.26. The second-order valence-corrected chi connectivity index (χ2v) is 6.99. The number of carbonyl (C=O) groups excluding carboxylic acids is 2. The van der Waals surface area contributed by atoms with Crippen LogP contribution in [0.3, 0.4) is 0 Å². The third-order valence-corrected chi connectivity index (χ3v) is 4.81. The molecule has 0 fully saturated rings. The number of allylic oxidation sites excluding steroid dienone is 2. The van der Waals surface area contributed by atoms with Crippen LogP contribution < -0.4 is 0 Å². The molecule has 4 heteroatoms. The maximum Gasteiger partial charge on any atom is 0.240 e. The monoisotopic (exact) mass is 332 g/mol.